The Morgan fingerprint density at radius 2 is 1.85 bits per heavy atom. The highest BCUT2D eigenvalue weighted by atomic mass is 16.2. The molecule has 4 aliphatic carbocycles. The van der Waals surface area contributed by atoms with Gasteiger partial charge in [-0.1, -0.05) is 0 Å². The van der Waals surface area contributed by atoms with Crippen LogP contribution in [0.1, 0.15) is 64.2 Å². The van der Waals surface area contributed by atoms with Crippen molar-refractivity contribution in [3.8, 4) is 6.07 Å². The molecule has 5 heteroatoms. The van der Waals surface area contributed by atoms with Crippen molar-refractivity contribution in [1.82, 2.24) is 10.2 Å². The lowest BCUT2D eigenvalue weighted by Gasteiger charge is -2.54. The predicted molar refractivity (Wildman–Crippen MR) is 101 cm³/mol. The van der Waals surface area contributed by atoms with Gasteiger partial charge >= 0.3 is 0 Å². The second-order valence-electron chi connectivity index (χ2n) is 9.33. The van der Waals surface area contributed by atoms with Gasteiger partial charge in [-0.25, -0.2) is 0 Å². The third kappa shape index (κ3) is 3.64. The summed E-state index contributed by atoms with van der Waals surface area (Å²) in [7, 11) is 0. The number of piperidine rings is 1. The average molecular weight is 359 g/mol. The zero-order chi connectivity index (χ0) is 18.1. The monoisotopic (exact) mass is 358 g/mol. The number of rotatable bonds is 6. The fourth-order valence-corrected chi connectivity index (χ4v) is 6.52. The second kappa shape index (κ2) is 7.86. The summed E-state index contributed by atoms with van der Waals surface area (Å²) in [5.41, 5.74) is 6.17. The van der Waals surface area contributed by atoms with E-state index in [9.17, 15) is 10.1 Å². The van der Waals surface area contributed by atoms with Crippen LogP contribution in [0, 0.1) is 35.0 Å². The summed E-state index contributed by atoms with van der Waals surface area (Å²) in [5, 5.41) is 13.1. The molecule has 2 unspecified atom stereocenters. The third-order valence-corrected chi connectivity index (χ3v) is 7.55. The van der Waals surface area contributed by atoms with Gasteiger partial charge in [-0.05, 0) is 94.4 Å². The van der Waals surface area contributed by atoms with Crippen LogP contribution in [0.5, 0.6) is 0 Å². The number of nitrogens with two attached hydrogens (primary N) is 1. The average Bonchev–Trinajstić information content (AvgIpc) is 2.65. The quantitative estimate of drug-likeness (QED) is 0.714. The molecular formula is C21H34N4O. The van der Waals surface area contributed by atoms with Crippen LogP contribution in [0.4, 0.5) is 0 Å². The molecule has 0 aromatic rings. The van der Waals surface area contributed by atoms with Gasteiger partial charge in [0.1, 0.15) is 6.04 Å². The molecule has 26 heavy (non-hydrogen) atoms. The second-order valence-corrected chi connectivity index (χ2v) is 9.33. The van der Waals surface area contributed by atoms with E-state index in [4.69, 9.17) is 5.73 Å². The van der Waals surface area contributed by atoms with Crippen molar-refractivity contribution in [2.24, 2.45) is 29.4 Å². The van der Waals surface area contributed by atoms with Gasteiger partial charge in [0.2, 0.25) is 5.91 Å². The molecule has 1 heterocycles. The molecule has 5 aliphatic rings. The predicted octanol–water partition coefficient (Wildman–Crippen LogP) is 2.41. The summed E-state index contributed by atoms with van der Waals surface area (Å²) in [4.78, 5) is 14.3. The minimum absolute atomic E-state index is 0.0223. The molecule has 1 saturated heterocycles. The zero-order valence-corrected chi connectivity index (χ0v) is 15.9. The molecule has 1 amide bonds. The maximum absolute atomic E-state index is 12.6. The first-order chi connectivity index (χ1) is 12.7. The van der Waals surface area contributed by atoms with E-state index < -0.39 is 6.04 Å². The van der Waals surface area contributed by atoms with Crippen LogP contribution in [-0.4, -0.2) is 42.0 Å². The molecule has 0 spiro atoms. The van der Waals surface area contributed by atoms with Crippen LogP contribution in [0.3, 0.4) is 0 Å². The molecule has 0 aromatic heterocycles. The molecule has 144 valence electrons. The Morgan fingerprint density at radius 3 is 2.50 bits per heavy atom. The largest absolute Gasteiger partial charge is 0.325 e. The summed E-state index contributed by atoms with van der Waals surface area (Å²) < 4.78 is 0. The molecule has 3 N–H and O–H groups in total. The lowest BCUT2D eigenvalue weighted by molar-refractivity contribution is -0.135. The Hall–Kier alpha value is -1.12. The van der Waals surface area contributed by atoms with Crippen LogP contribution in [0.2, 0.25) is 0 Å². The normalized spacial score (nSPS) is 39.6. The fraction of sp³-hybridized carbons (Fsp3) is 0.905. The van der Waals surface area contributed by atoms with Crippen molar-refractivity contribution < 1.29 is 4.79 Å². The number of hydrogen-bond acceptors (Lipinski definition) is 4. The van der Waals surface area contributed by atoms with E-state index in [-0.39, 0.29) is 11.9 Å². The Balaban J connectivity index is 1.20. The van der Waals surface area contributed by atoms with Crippen molar-refractivity contribution in [2.45, 2.75) is 82.3 Å². The topological polar surface area (TPSA) is 82.2 Å². The molecule has 2 atom stereocenters. The van der Waals surface area contributed by atoms with Crippen LogP contribution in [0.25, 0.3) is 0 Å². The number of nitrogens with one attached hydrogen (secondary N) is 1. The van der Waals surface area contributed by atoms with Crippen LogP contribution in [0.15, 0.2) is 0 Å². The van der Waals surface area contributed by atoms with E-state index in [0.717, 1.165) is 55.9 Å². The van der Waals surface area contributed by atoms with Crippen LogP contribution < -0.4 is 11.1 Å². The molecule has 5 nitrogen and oxygen atoms in total. The minimum atomic E-state index is -0.454. The first-order valence-corrected chi connectivity index (χ1v) is 10.8. The van der Waals surface area contributed by atoms with Gasteiger partial charge in [0.15, 0.2) is 0 Å². The molecule has 5 rings (SSSR count). The molecule has 5 fully saturated rings. The number of likely N-dealkylation sites (tertiary alicyclic amines) is 1. The Bertz CT molecular complexity index is 529. The number of nitriles is 1. The Labute approximate surface area is 157 Å². The number of nitrogens with zero attached hydrogens (tertiary/aromatic N) is 2. The lowest BCUT2D eigenvalue weighted by Crippen LogP contribution is -2.54. The summed E-state index contributed by atoms with van der Waals surface area (Å²) in [6.45, 7) is 1.66. The number of hydrogen-bond donors (Lipinski definition) is 2. The zero-order valence-electron chi connectivity index (χ0n) is 15.9. The Morgan fingerprint density at radius 1 is 1.15 bits per heavy atom. The molecular weight excluding hydrogens is 324 g/mol. The fourth-order valence-electron chi connectivity index (χ4n) is 6.52. The highest BCUT2D eigenvalue weighted by molar-refractivity contribution is 5.82. The molecule has 4 saturated carbocycles. The summed E-state index contributed by atoms with van der Waals surface area (Å²) in [5.74, 6) is 3.79. The van der Waals surface area contributed by atoms with Crippen LogP contribution in [-0.2, 0) is 4.79 Å². The third-order valence-electron chi connectivity index (χ3n) is 7.55. The van der Waals surface area contributed by atoms with Gasteiger partial charge in [-0.15, -0.1) is 0 Å². The van der Waals surface area contributed by atoms with Gasteiger partial charge < -0.3 is 16.0 Å². The highest BCUT2D eigenvalue weighted by Gasteiger charge is 2.47. The van der Waals surface area contributed by atoms with Gasteiger partial charge in [-0.2, -0.15) is 5.26 Å². The number of carbonyl (C=O) groups is 1. The highest BCUT2D eigenvalue weighted by Crippen LogP contribution is 2.53. The van der Waals surface area contributed by atoms with E-state index in [0.29, 0.717) is 19.0 Å². The van der Waals surface area contributed by atoms with Crippen molar-refractivity contribution in [3.05, 3.63) is 0 Å². The molecule has 4 bridgehead atoms. The molecule has 0 radical (unpaired) electrons. The maximum atomic E-state index is 12.6. The number of carbonyl (C=O) groups excluding carboxylic acids is 1. The molecule has 1 aliphatic heterocycles. The van der Waals surface area contributed by atoms with Gasteiger partial charge in [0.25, 0.3) is 0 Å². The smallest absolute Gasteiger partial charge is 0.240 e. The minimum Gasteiger partial charge on any atom is -0.325 e. The van der Waals surface area contributed by atoms with E-state index in [1.807, 2.05) is 0 Å². The molecule has 0 aromatic carbocycles. The van der Waals surface area contributed by atoms with E-state index >= 15 is 0 Å². The summed E-state index contributed by atoms with van der Waals surface area (Å²) >= 11 is 0. The summed E-state index contributed by atoms with van der Waals surface area (Å²) in [6, 6.07) is 2.25. The van der Waals surface area contributed by atoms with Crippen molar-refractivity contribution in [2.75, 3.05) is 13.1 Å². The van der Waals surface area contributed by atoms with E-state index in [1.54, 1.807) is 4.90 Å². The first-order valence-electron chi connectivity index (χ1n) is 10.8. The standard InChI is InChI=1S/C21H34N4O/c22-13-18-4-1-2-7-25(18)21(26)19(23)5-3-6-24-20-16-9-14-8-15(11-16)12-17(20)10-14/h14-20,24H,1-12,23H2. The van der Waals surface area contributed by atoms with Crippen LogP contribution >= 0.6 is 0 Å². The SMILES string of the molecule is N#CC1CCCCN1C(=O)C(N)CCCNC1C2CC3CC(C2)CC1C3. The van der Waals surface area contributed by atoms with Crippen molar-refractivity contribution in [1.29, 1.82) is 5.26 Å². The first kappa shape index (κ1) is 18.3. The lowest BCUT2D eigenvalue weighted by atomic mass is 9.54. The maximum Gasteiger partial charge on any atom is 0.240 e. The number of amides is 1. The van der Waals surface area contributed by atoms with Crippen molar-refractivity contribution in [3.63, 3.8) is 0 Å². The van der Waals surface area contributed by atoms with Gasteiger partial charge in [0, 0.05) is 12.6 Å². The summed E-state index contributed by atoms with van der Waals surface area (Å²) in [6.07, 6.45) is 11.7. The van der Waals surface area contributed by atoms with Crippen molar-refractivity contribution >= 4 is 5.91 Å². The van der Waals surface area contributed by atoms with Gasteiger partial charge in [-0.3, -0.25) is 4.79 Å². The Kier molecular flexibility index (Phi) is 5.52. The van der Waals surface area contributed by atoms with Gasteiger partial charge in [0.05, 0.1) is 12.1 Å². The van der Waals surface area contributed by atoms with E-state index in [1.165, 1.54) is 32.1 Å². The van der Waals surface area contributed by atoms with E-state index in [2.05, 4.69) is 11.4 Å².